The minimum Gasteiger partial charge on any atom is -0.493 e. The topological polar surface area (TPSA) is 80.5 Å². The molecule has 0 atom stereocenters. The zero-order valence-electron chi connectivity index (χ0n) is 19.9. The quantitative estimate of drug-likeness (QED) is 0.266. The van der Waals surface area contributed by atoms with Crippen LogP contribution in [0.15, 0.2) is 41.8 Å². The molecule has 0 radical (unpaired) electrons. The number of nitrogens with one attached hydrogen (secondary N) is 1. The van der Waals surface area contributed by atoms with E-state index in [2.05, 4.69) is 15.2 Å². The first-order valence-electron chi connectivity index (χ1n) is 11.5. The summed E-state index contributed by atoms with van der Waals surface area (Å²) in [7, 11) is 0. The van der Waals surface area contributed by atoms with Crippen molar-refractivity contribution in [2.24, 2.45) is 0 Å². The Balaban J connectivity index is 0.00000241. The number of rotatable bonds is 9. The summed E-state index contributed by atoms with van der Waals surface area (Å²) in [5.41, 5.74) is 7.64. The Morgan fingerprint density at radius 3 is 2.57 bits per heavy atom. The lowest BCUT2D eigenvalue weighted by atomic mass is 10.0. The van der Waals surface area contributed by atoms with E-state index in [0.717, 1.165) is 38.0 Å². The van der Waals surface area contributed by atoms with Gasteiger partial charge in [-0.05, 0) is 49.1 Å². The number of anilines is 1. The van der Waals surface area contributed by atoms with E-state index in [1.807, 2.05) is 18.2 Å². The van der Waals surface area contributed by atoms with Gasteiger partial charge in [0, 0.05) is 49.1 Å². The van der Waals surface area contributed by atoms with Crippen LogP contribution < -0.4 is 15.8 Å². The smallest absolute Gasteiger partial charge is 0.220 e. The Morgan fingerprint density at radius 2 is 1.92 bits per heavy atom. The molecule has 3 aromatic rings. The number of ether oxygens (including phenoxy) is 1. The molecule has 1 aromatic heterocycles. The highest BCUT2D eigenvalue weighted by Crippen LogP contribution is 2.28. The van der Waals surface area contributed by atoms with Gasteiger partial charge in [-0.15, -0.1) is 36.2 Å². The molecule has 2 aromatic carbocycles. The molecule has 0 saturated carbocycles. The highest BCUT2D eigenvalue weighted by atomic mass is 35.5. The number of nitrogen functional groups attached to an aromatic ring is 1. The van der Waals surface area contributed by atoms with Gasteiger partial charge >= 0.3 is 0 Å². The van der Waals surface area contributed by atoms with Crippen molar-refractivity contribution in [1.82, 2.24) is 15.2 Å². The van der Waals surface area contributed by atoms with Gasteiger partial charge in [-0.3, -0.25) is 9.69 Å². The predicted molar refractivity (Wildman–Crippen MR) is 154 cm³/mol. The van der Waals surface area contributed by atoms with Crippen LogP contribution in [0.25, 0.3) is 11.3 Å². The molecule has 202 valence electrons. The minimum atomic E-state index is -0.420. The highest BCUT2D eigenvalue weighted by molar-refractivity contribution is 7.13. The van der Waals surface area contributed by atoms with E-state index >= 15 is 0 Å². The highest BCUT2D eigenvalue weighted by Gasteiger charge is 2.21. The Hall–Kier alpha value is -1.81. The summed E-state index contributed by atoms with van der Waals surface area (Å²) < 4.78 is 20.0. The van der Waals surface area contributed by atoms with E-state index < -0.39 is 5.82 Å². The summed E-state index contributed by atoms with van der Waals surface area (Å²) in [6, 6.07) is 10.5. The zero-order valence-corrected chi connectivity index (χ0v) is 23.9. The minimum absolute atomic E-state index is 0. The lowest BCUT2D eigenvalue weighted by Crippen LogP contribution is -2.44. The van der Waals surface area contributed by atoms with Crippen LogP contribution in [-0.4, -0.2) is 41.5 Å². The van der Waals surface area contributed by atoms with E-state index in [1.54, 1.807) is 17.5 Å². The van der Waals surface area contributed by atoms with Gasteiger partial charge in [-0.25, -0.2) is 9.37 Å². The second kappa shape index (κ2) is 15.0. The van der Waals surface area contributed by atoms with Crippen LogP contribution in [-0.2, 0) is 11.3 Å². The van der Waals surface area contributed by atoms with Crippen LogP contribution in [0.3, 0.4) is 0 Å². The molecule has 37 heavy (non-hydrogen) atoms. The largest absolute Gasteiger partial charge is 0.493 e. The van der Waals surface area contributed by atoms with Gasteiger partial charge in [0.05, 0.1) is 22.3 Å². The second-order valence-corrected chi connectivity index (χ2v) is 10.2. The lowest BCUT2D eigenvalue weighted by Gasteiger charge is -2.32. The fourth-order valence-corrected chi connectivity index (χ4v) is 4.94. The van der Waals surface area contributed by atoms with Crippen molar-refractivity contribution < 1.29 is 13.9 Å². The number of aromatic nitrogens is 1. The van der Waals surface area contributed by atoms with Gasteiger partial charge < -0.3 is 15.8 Å². The van der Waals surface area contributed by atoms with Crippen molar-refractivity contribution in [3.63, 3.8) is 0 Å². The monoisotopic (exact) mass is 608 g/mol. The molecule has 12 heteroatoms. The summed E-state index contributed by atoms with van der Waals surface area (Å²) >= 11 is 13.4. The molecule has 1 fully saturated rings. The number of halogens is 5. The van der Waals surface area contributed by atoms with Gasteiger partial charge in [0.15, 0.2) is 5.13 Å². The van der Waals surface area contributed by atoms with Crippen molar-refractivity contribution in [3.05, 3.63) is 63.2 Å². The normalized spacial score (nSPS) is 13.9. The molecule has 0 aliphatic carbocycles. The van der Waals surface area contributed by atoms with Crippen LogP contribution in [0.4, 0.5) is 9.52 Å². The summed E-state index contributed by atoms with van der Waals surface area (Å²) in [6.45, 7) is 2.96. The first-order valence-corrected chi connectivity index (χ1v) is 13.1. The number of hydrogen-bond acceptors (Lipinski definition) is 6. The standard InChI is InChI=1S/C25H27Cl2FN4O2S.2ClH/c26-20-6-3-16(12-21(20)27)14-32-9-7-17(8-10-32)30-24(33)2-1-11-34-18-4-5-19(22(28)13-18)23-15-35-25(29)31-23;;/h3-6,12-13,15,17H,1-2,7-11,14H2,(H2,29,31)(H,30,33);2*1H. The van der Waals surface area contributed by atoms with Crippen LogP contribution in [0.5, 0.6) is 5.75 Å². The molecule has 1 aliphatic heterocycles. The molecule has 0 spiro atoms. The number of nitrogens with two attached hydrogens (primary N) is 1. The van der Waals surface area contributed by atoms with E-state index in [9.17, 15) is 9.18 Å². The average Bonchev–Trinajstić information content (AvgIpc) is 3.26. The van der Waals surface area contributed by atoms with E-state index in [0.29, 0.717) is 51.6 Å². The summed E-state index contributed by atoms with van der Waals surface area (Å²) in [6.07, 6.45) is 2.72. The Bertz CT molecular complexity index is 1180. The maximum absolute atomic E-state index is 14.4. The first-order chi connectivity index (χ1) is 16.9. The van der Waals surface area contributed by atoms with Crippen LogP contribution in [0.1, 0.15) is 31.2 Å². The molecule has 1 amide bonds. The van der Waals surface area contributed by atoms with Crippen molar-refractivity contribution >= 4 is 70.4 Å². The third kappa shape index (κ3) is 9.16. The van der Waals surface area contributed by atoms with Gasteiger partial charge in [0.1, 0.15) is 11.6 Å². The molecule has 6 nitrogen and oxygen atoms in total. The Morgan fingerprint density at radius 1 is 1.16 bits per heavy atom. The predicted octanol–water partition coefficient (Wildman–Crippen LogP) is 6.62. The number of thiazole rings is 1. The van der Waals surface area contributed by atoms with Crippen molar-refractivity contribution in [1.29, 1.82) is 0 Å². The van der Waals surface area contributed by atoms with E-state index in [-0.39, 0.29) is 36.8 Å². The number of nitrogens with zero attached hydrogens (tertiary/aromatic N) is 2. The van der Waals surface area contributed by atoms with E-state index in [1.165, 1.54) is 17.4 Å². The molecule has 0 bridgehead atoms. The second-order valence-electron chi connectivity index (χ2n) is 8.53. The zero-order chi connectivity index (χ0) is 24.8. The van der Waals surface area contributed by atoms with Crippen molar-refractivity contribution in [3.8, 4) is 17.0 Å². The van der Waals surface area contributed by atoms with Crippen LogP contribution in [0.2, 0.25) is 10.0 Å². The number of piperidine rings is 1. The maximum Gasteiger partial charge on any atom is 0.220 e. The van der Waals surface area contributed by atoms with Crippen molar-refractivity contribution in [2.75, 3.05) is 25.4 Å². The lowest BCUT2D eigenvalue weighted by molar-refractivity contribution is -0.122. The van der Waals surface area contributed by atoms with Gasteiger partial charge in [0.2, 0.25) is 5.91 Å². The fourth-order valence-electron chi connectivity index (χ4n) is 4.06. The first kappa shape index (κ1) is 31.4. The maximum atomic E-state index is 14.4. The third-order valence-electron chi connectivity index (χ3n) is 5.90. The third-order valence-corrected chi connectivity index (χ3v) is 7.31. The molecule has 1 aliphatic rings. The molecule has 3 N–H and O–H groups in total. The summed E-state index contributed by atoms with van der Waals surface area (Å²) in [4.78, 5) is 18.8. The van der Waals surface area contributed by atoms with Gasteiger partial charge in [-0.2, -0.15) is 0 Å². The Labute approximate surface area is 242 Å². The number of carbonyl (C=O) groups is 1. The summed E-state index contributed by atoms with van der Waals surface area (Å²) in [5, 5.41) is 6.36. The molecule has 2 heterocycles. The number of benzene rings is 2. The molecule has 4 rings (SSSR count). The van der Waals surface area contributed by atoms with Crippen LogP contribution >= 0.6 is 59.4 Å². The van der Waals surface area contributed by atoms with Gasteiger partial charge in [-0.1, -0.05) is 29.3 Å². The van der Waals surface area contributed by atoms with Crippen LogP contribution in [0, 0.1) is 5.82 Å². The SMILES string of the molecule is Cl.Cl.Nc1nc(-c2ccc(OCCCC(=O)NC3CCN(Cc4ccc(Cl)c(Cl)c4)CC3)cc2F)cs1. The number of carbonyl (C=O) groups excluding carboxylic acids is 1. The molecular formula is C25H29Cl4FN4O2S. The van der Waals surface area contributed by atoms with Gasteiger partial charge in [0.25, 0.3) is 0 Å². The number of likely N-dealkylation sites (tertiary alicyclic amines) is 1. The number of hydrogen-bond donors (Lipinski definition) is 2. The molecule has 0 unspecified atom stereocenters. The average molecular weight is 610 g/mol. The number of amides is 1. The van der Waals surface area contributed by atoms with Crippen molar-refractivity contribution in [2.45, 2.75) is 38.3 Å². The Kier molecular flexibility index (Phi) is 12.7. The van der Waals surface area contributed by atoms with E-state index in [4.69, 9.17) is 33.7 Å². The summed E-state index contributed by atoms with van der Waals surface area (Å²) in [5.74, 6) is 0.0134. The molecular weight excluding hydrogens is 581 g/mol. The fraction of sp³-hybridized carbons (Fsp3) is 0.360. The molecule has 1 saturated heterocycles.